The molecule has 6 atom stereocenters. The molecule has 0 radical (unpaired) electrons. The molecule has 8 nitrogen and oxygen atoms in total. The fourth-order valence-corrected chi connectivity index (χ4v) is 6.35. The second-order valence-corrected chi connectivity index (χ2v) is 13.7. The quantitative estimate of drug-likeness (QED) is 0.110. The van der Waals surface area contributed by atoms with Crippen LogP contribution in [0.5, 0.6) is 11.5 Å². The molecule has 0 amide bonds. The van der Waals surface area contributed by atoms with Crippen molar-refractivity contribution in [1.29, 1.82) is 0 Å². The van der Waals surface area contributed by atoms with Crippen molar-refractivity contribution < 1.29 is 19.7 Å². The van der Waals surface area contributed by atoms with Gasteiger partial charge in [0.2, 0.25) is 0 Å². The number of nitrogens with two attached hydrogens (primary N) is 2. The van der Waals surface area contributed by atoms with Crippen molar-refractivity contribution in [2.24, 2.45) is 23.3 Å². The predicted molar refractivity (Wildman–Crippen MR) is 185 cm³/mol. The third-order valence-electron chi connectivity index (χ3n) is 9.55. The first-order valence-electron chi connectivity index (χ1n) is 17.4. The lowest BCUT2D eigenvalue weighted by molar-refractivity contribution is 0.106. The van der Waals surface area contributed by atoms with E-state index in [0.29, 0.717) is 31.0 Å². The van der Waals surface area contributed by atoms with Gasteiger partial charge in [0.25, 0.3) is 0 Å². The van der Waals surface area contributed by atoms with Gasteiger partial charge in [-0.25, -0.2) is 0 Å². The van der Waals surface area contributed by atoms with Gasteiger partial charge in [0.05, 0.1) is 0 Å². The van der Waals surface area contributed by atoms with Crippen LogP contribution in [0.25, 0.3) is 0 Å². The van der Waals surface area contributed by atoms with E-state index >= 15 is 0 Å². The van der Waals surface area contributed by atoms with Crippen LogP contribution in [-0.2, 0) is 5.41 Å². The van der Waals surface area contributed by atoms with Crippen LogP contribution >= 0.6 is 0 Å². The summed E-state index contributed by atoms with van der Waals surface area (Å²) in [6.45, 7) is 11.9. The van der Waals surface area contributed by atoms with Crippen LogP contribution in [0.1, 0.15) is 90.2 Å². The van der Waals surface area contributed by atoms with Crippen LogP contribution < -0.4 is 31.6 Å². The molecule has 2 aromatic carbocycles. The molecule has 45 heavy (non-hydrogen) atoms. The lowest BCUT2D eigenvalue weighted by atomic mass is 9.78. The molecule has 0 spiro atoms. The Labute approximate surface area is 272 Å². The van der Waals surface area contributed by atoms with Gasteiger partial charge < -0.3 is 41.8 Å². The van der Waals surface area contributed by atoms with Crippen LogP contribution in [0.2, 0.25) is 0 Å². The maximum Gasteiger partial charge on any atom is 0.119 e. The molecule has 0 aromatic heterocycles. The molecule has 0 heterocycles. The second-order valence-electron chi connectivity index (χ2n) is 13.7. The minimum Gasteiger partial charge on any atom is -0.491 e. The van der Waals surface area contributed by atoms with Gasteiger partial charge in [0.15, 0.2) is 0 Å². The zero-order valence-electron chi connectivity index (χ0n) is 28.3. The highest BCUT2D eigenvalue weighted by molar-refractivity contribution is 5.41. The van der Waals surface area contributed by atoms with Crippen LogP contribution in [-0.4, -0.2) is 73.9 Å². The Morgan fingerprint density at radius 2 is 1.33 bits per heavy atom. The number of benzene rings is 2. The molecule has 1 aliphatic rings. The van der Waals surface area contributed by atoms with Crippen molar-refractivity contribution in [3.05, 3.63) is 59.7 Å². The van der Waals surface area contributed by atoms with E-state index in [1.54, 1.807) is 0 Å². The van der Waals surface area contributed by atoms with Gasteiger partial charge >= 0.3 is 0 Å². The molecule has 0 bridgehead atoms. The fraction of sp³-hybridized carbons (Fsp3) is 0.676. The number of aliphatic hydroxyl groups is 2. The van der Waals surface area contributed by atoms with Crippen LogP contribution in [0.4, 0.5) is 0 Å². The number of ether oxygens (including phenoxy) is 2. The van der Waals surface area contributed by atoms with Crippen LogP contribution in [0.3, 0.4) is 0 Å². The SMILES string of the molecule is CCCC(CCNCC(O)COc1ccc(C(C)(C)c2ccc(OCC(O)CNCCC3CCCCC3N)cc2)cc1)C(C)N. The molecule has 2 aromatic rings. The molecular weight excluding hydrogens is 564 g/mol. The number of aliphatic hydroxyl groups excluding tert-OH is 2. The number of hydrogen-bond acceptors (Lipinski definition) is 8. The molecule has 6 unspecified atom stereocenters. The van der Waals surface area contributed by atoms with Crippen molar-refractivity contribution in [3.8, 4) is 11.5 Å². The monoisotopic (exact) mass is 626 g/mol. The first-order valence-corrected chi connectivity index (χ1v) is 17.4. The van der Waals surface area contributed by atoms with Crippen molar-refractivity contribution in [2.75, 3.05) is 39.4 Å². The maximum atomic E-state index is 10.4. The Morgan fingerprint density at radius 3 is 1.82 bits per heavy atom. The Hall–Kier alpha value is -2.20. The highest BCUT2D eigenvalue weighted by atomic mass is 16.5. The average Bonchev–Trinajstić information content (AvgIpc) is 3.03. The largest absolute Gasteiger partial charge is 0.491 e. The van der Waals surface area contributed by atoms with Crippen molar-refractivity contribution in [3.63, 3.8) is 0 Å². The molecule has 1 fully saturated rings. The molecule has 254 valence electrons. The third kappa shape index (κ3) is 12.8. The Bertz CT molecular complexity index is 996. The summed E-state index contributed by atoms with van der Waals surface area (Å²) in [5.41, 5.74) is 14.5. The molecular formula is C37H62N4O4. The van der Waals surface area contributed by atoms with E-state index in [4.69, 9.17) is 20.9 Å². The Morgan fingerprint density at radius 1 is 0.822 bits per heavy atom. The second kappa shape index (κ2) is 19.5. The Balaban J connectivity index is 1.36. The average molecular weight is 627 g/mol. The maximum absolute atomic E-state index is 10.4. The number of hydrogen-bond donors (Lipinski definition) is 6. The van der Waals surface area contributed by atoms with Crippen LogP contribution in [0.15, 0.2) is 48.5 Å². The van der Waals surface area contributed by atoms with Crippen molar-refractivity contribution in [1.82, 2.24) is 10.6 Å². The summed E-state index contributed by atoms with van der Waals surface area (Å²) in [5, 5.41) is 27.4. The molecule has 0 aliphatic heterocycles. The van der Waals surface area contributed by atoms with E-state index in [1.165, 1.54) is 24.8 Å². The van der Waals surface area contributed by atoms with E-state index in [9.17, 15) is 10.2 Å². The van der Waals surface area contributed by atoms with E-state index in [2.05, 4.69) is 62.6 Å². The van der Waals surface area contributed by atoms with E-state index < -0.39 is 12.2 Å². The minimum absolute atomic E-state index is 0.195. The van der Waals surface area contributed by atoms with Gasteiger partial charge in [-0.15, -0.1) is 0 Å². The summed E-state index contributed by atoms with van der Waals surface area (Å²) in [6.07, 6.45) is 8.11. The van der Waals surface area contributed by atoms with Gasteiger partial charge in [-0.05, 0) is 99.3 Å². The lowest BCUT2D eigenvalue weighted by Gasteiger charge is -2.28. The summed E-state index contributed by atoms with van der Waals surface area (Å²) in [6, 6.07) is 16.7. The number of rotatable bonds is 21. The highest BCUT2D eigenvalue weighted by Crippen LogP contribution is 2.33. The minimum atomic E-state index is -0.579. The van der Waals surface area contributed by atoms with Gasteiger partial charge in [-0.1, -0.05) is 64.3 Å². The Kier molecular flexibility index (Phi) is 16.1. The van der Waals surface area contributed by atoms with Gasteiger partial charge in [-0.2, -0.15) is 0 Å². The number of nitrogens with one attached hydrogen (secondary N) is 2. The zero-order valence-corrected chi connectivity index (χ0v) is 28.3. The fourth-order valence-electron chi connectivity index (χ4n) is 6.35. The summed E-state index contributed by atoms with van der Waals surface area (Å²) >= 11 is 0. The lowest BCUT2D eigenvalue weighted by Crippen LogP contribution is -2.37. The standard InChI is InChI=1S/C37H62N4O4/c1-5-8-28(27(2)38)19-21-40-23-32(42)25-44-34-15-11-30(12-16-34)37(3,4)31-13-17-35(18-14-31)45-26-33(43)24-41-22-20-29-9-6-7-10-36(29)39/h11-18,27-29,32-33,36,40-43H,5-10,19-26,38-39H2,1-4H3. The van der Waals surface area contributed by atoms with E-state index in [1.807, 2.05) is 24.3 Å². The third-order valence-corrected chi connectivity index (χ3v) is 9.55. The summed E-state index contributed by atoms with van der Waals surface area (Å²) in [7, 11) is 0. The molecule has 1 saturated carbocycles. The summed E-state index contributed by atoms with van der Waals surface area (Å²) < 4.78 is 11.7. The predicted octanol–water partition coefficient (Wildman–Crippen LogP) is 4.73. The summed E-state index contributed by atoms with van der Waals surface area (Å²) in [4.78, 5) is 0. The van der Waals surface area contributed by atoms with Gasteiger partial charge in [-0.3, -0.25) is 0 Å². The van der Waals surface area contributed by atoms with Crippen LogP contribution in [0, 0.1) is 11.8 Å². The highest BCUT2D eigenvalue weighted by Gasteiger charge is 2.24. The molecule has 0 saturated heterocycles. The first-order chi connectivity index (χ1) is 21.6. The molecule has 1 aliphatic carbocycles. The van der Waals surface area contributed by atoms with Gasteiger partial charge in [0.1, 0.15) is 36.9 Å². The van der Waals surface area contributed by atoms with Gasteiger partial charge in [0, 0.05) is 30.6 Å². The molecule has 8 N–H and O–H groups in total. The topological polar surface area (TPSA) is 135 Å². The van der Waals surface area contributed by atoms with Crippen molar-refractivity contribution >= 4 is 0 Å². The summed E-state index contributed by atoms with van der Waals surface area (Å²) in [5.74, 6) is 2.59. The zero-order chi connectivity index (χ0) is 32.7. The van der Waals surface area contributed by atoms with E-state index in [-0.39, 0.29) is 24.7 Å². The van der Waals surface area contributed by atoms with Crippen molar-refractivity contribution in [2.45, 2.75) is 109 Å². The normalized spacial score (nSPS) is 19.9. The molecule has 3 rings (SSSR count). The smallest absolute Gasteiger partial charge is 0.119 e. The van der Waals surface area contributed by atoms with E-state index in [0.717, 1.165) is 62.3 Å². The first kappa shape index (κ1) is 37.3. The molecule has 8 heteroatoms.